The van der Waals surface area contributed by atoms with E-state index in [1.54, 1.807) is 0 Å². The summed E-state index contributed by atoms with van der Waals surface area (Å²) in [5, 5.41) is 0. The molecule has 1 aliphatic heterocycles. The molecule has 0 amide bonds. The van der Waals surface area contributed by atoms with Gasteiger partial charge in [0.15, 0.2) is 0 Å². The summed E-state index contributed by atoms with van der Waals surface area (Å²) in [5.41, 5.74) is 0. The molecule has 1 heterocycles. The molecule has 0 saturated carbocycles. The molecule has 0 aliphatic carbocycles. The van der Waals surface area contributed by atoms with Crippen molar-refractivity contribution in [2.45, 2.75) is 38.3 Å². The molecular weight excluding hydrogens is 180 g/mol. The van der Waals surface area contributed by atoms with Crippen molar-refractivity contribution in [1.82, 2.24) is 0 Å². The van der Waals surface area contributed by atoms with E-state index in [4.69, 9.17) is 0 Å². The Bertz CT molecular complexity index is 164. The minimum atomic E-state index is -3.06. The number of alkyl halides is 4. The summed E-state index contributed by atoms with van der Waals surface area (Å²) in [6, 6.07) is 0. The highest BCUT2D eigenvalue weighted by Crippen LogP contribution is 2.42. The van der Waals surface area contributed by atoms with Gasteiger partial charge in [0.25, 0.3) is 18.1 Å². The fourth-order valence-corrected chi connectivity index (χ4v) is 0.774. The SMILES string of the molecule is CC1(F)OC(C(F)F)OC1(C)F. The van der Waals surface area contributed by atoms with Crippen molar-refractivity contribution in [3.63, 3.8) is 0 Å². The number of ether oxygens (including phenoxy) is 2. The fourth-order valence-electron chi connectivity index (χ4n) is 0.774. The monoisotopic (exact) mass is 188 g/mol. The van der Waals surface area contributed by atoms with E-state index in [1.807, 2.05) is 0 Å². The Morgan fingerprint density at radius 2 is 1.42 bits per heavy atom. The predicted molar refractivity (Wildman–Crippen MR) is 31.0 cm³/mol. The standard InChI is InChI=1S/C6H8F4O2/c1-5(9)6(2,10)12-4(11-5)3(7)8/h3-4H,1-2H3. The summed E-state index contributed by atoms with van der Waals surface area (Å²) < 4.78 is 57.6. The summed E-state index contributed by atoms with van der Waals surface area (Å²) in [7, 11) is 0. The van der Waals surface area contributed by atoms with Crippen LogP contribution in [-0.2, 0) is 9.47 Å². The van der Waals surface area contributed by atoms with E-state index >= 15 is 0 Å². The Morgan fingerprint density at radius 1 is 1.08 bits per heavy atom. The van der Waals surface area contributed by atoms with Gasteiger partial charge in [0.2, 0.25) is 6.29 Å². The summed E-state index contributed by atoms with van der Waals surface area (Å²) in [6.45, 7) is 1.41. The third-order valence-corrected chi connectivity index (χ3v) is 1.68. The number of halogens is 4. The van der Waals surface area contributed by atoms with Crippen molar-refractivity contribution < 1.29 is 27.0 Å². The van der Waals surface area contributed by atoms with Crippen molar-refractivity contribution >= 4 is 0 Å². The molecular formula is C6H8F4O2. The first kappa shape index (κ1) is 9.73. The molecule has 0 aromatic heterocycles. The van der Waals surface area contributed by atoms with Crippen LogP contribution in [0.1, 0.15) is 13.8 Å². The maximum Gasteiger partial charge on any atom is 0.288 e. The Labute approximate surface area is 66.4 Å². The smallest absolute Gasteiger partial charge is 0.288 e. The summed E-state index contributed by atoms with van der Waals surface area (Å²) in [5.74, 6) is -5.65. The molecule has 0 radical (unpaired) electrons. The van der Waals surface area contributed by atoms with E-state index in [9.17, 15) is 17.6 Å². The molecule has 0 bridgehead atoms. The van der Waals surface area contributed by atoms with E-state index in [0.717, 1.165) is 0 Å². The van der Waals surface area contributed by atoms with Crippen LogP contribution in [-0.4, -0.2) is 24.4 Å². The molecule has 1 aliphatic rings. The molecule has 2 unspecified atom stereocenters. The van der Waals surface area contributed by atoms with Crippen LogP contribution in [0.5, 0.6) is 0 Å². The van der Waals surface area contributed by atoms with Crippen LogP contribution in [0, 0.1) is 0 Å². The van der Waals surface area contributed by atoms with Crippen LogP contribution >= 0.6 is 0 Å². The minimum Gasteiger partial charge on any atom is -0.306 e. The molecule has 1 fully saturated rings. The summed E-state index contributed by atoms with van der Waals surface area (Å²) in [4.78, 5) is 0. The van der Waals surface area contributed by atoms with Gasteiger partial charge in [-0.15, -0.1) is 0 Å². The van der Waals surface area contributed by atoms with Gasteiger partial charge in [-0.05, 0) is 0 Å². The lowest BCUT2D eigenvalue weighted by Crippen LogP contribution is -2.39. The Morgan fingerprint density at radius 3 is 1.58 bits per heavy atom. The molecule has 1 saturated heterocycles. The molecule has 0 aromatic rings. The Balaban J connectivity index is 2.74. The van der Waals surface area contributed by atoms with E-state index in [2.05, 4.69) is 9.47 Å². The quantitative estimate of drug-likeness (QED) is 0.586. The van der Waals surface area contributed by atoms with E-state index in [0.29, 0.717) is 13.8 Å². The fraction of sp³-hybridized carbons (Fsp3) is 1.00. The molecule has 12 heavy (non-hydrogen) atoms. The molecule has 0 aromatic carbocycles. The first-order chi connectivity index (χ1) is 5.26. The van der Waals surface area contributed by atoms with Crippen LogP contribution in [0.4, 0.5) is 17.6 Å². The van der Waals surface area contributed by atoms with Crippen molar-refractivity contribution in [3.05, 3.63) is 0 Å². The third-order valence-electron chi connectivity index (χ3n) is 1.68. The summed E-state index contributed by atoms with van der Waals surface area (Å²) in [6.07, 6.45) is -5.19. The van der Waals surface area contributed by atoms with Crippen LogP contribution in [0.2, 0.25) is 0 Å². The largest absolute Gasteiger partial charge is 0.306 e. The Hall–Kier alpha value is -0.360. The highest BCUT2D eigenvalue weighted by molar-refractivity contribution is 4.85. The zero-order valence-electron chi connectivity index (χ0n) is 6.48. The third kappa shape index (κ3) is 1.40. The molecule has 72 valence electrons. The zero-order chi connectivity index (χ0) is 9.57. The van der Waals surface area contributed by atoms with Gasteiger partial charge in [0.05, 0.1) is 0 Å². The van der Waals surface area contributed by atoms with Crippen molar-refractivity contribution in [2.24, 2.45) is 0 Å². The second-order valence-electron chi connectivity index (χ2n) is 2.77. The highest BCUT2D eigenvalue weighted by atomic mass is 19.3. The summed E-state index contributed by atoms with van der Waals surface area (Å²) >= 11 is 0. The van der Waals surface area contributed by atoms with Gasteiger partial charge in [0.1, 0.15) is 0 Å². The predicted octanol–water partition coefficient (Wildman–Crippen LogP) is 2.00. The minimum absolute atomic E-state index is 0.704. The maximum absolute atomic E-state index is 12.9. The van der Waals surface area contributed by atoms with Crippen molar-refractivity contribution in [2.75, 3.05) is 0 Å². The second kappa shape index (κ2) is 2.56. The molecule has 0 spiro atoms. The normalized spacial score (nSPS) is 48.8. The van der Waals surface area contributed by atoms with Crippen molar-refractivity contribution in [3.8, 4) is 0 Å². The average Bonchev–Trinajstić information content (AvgIpc) is 2.03. The lowest BCUT2D eigenvalue weighted by molar-refractivity contribution is -0.191. The lowest BCUT2D eigenvalue weighted by Gasteiger charge is -2.21. The molecule has 2 nitrogen and oxygen atoms in total. The van der Waals surface area contributed by atoms with E-state index < -0.39 is 24.4 Å². The van der Waals surface area contributed by atoms with Gasteiger partial charge in [-0.25, -0.2) is 17.6 Å². The number of hydrogen-bond acceptors (Lipinski definition) is 2. The zero-order valence-corrected chi connectivity index (χ0v) is 6.48. The van der Waals surface area contributed by atoms with E-state index in [-0.39, 0.29) is 0 Å². The van der Waals surface area contributed by atoms with Crippen LogP contribution in [0.15, 0.2) is 0 Å². The Kier molecular flexibility index (Phi) is 2.08. The van der Waals surface area contributed by atoms with Crippen LogP contribution < -0.4 is 0 Å². The molecule has 6 heteroatoms. The first-order valence-corrected chi connectivity index (χ1v) is 3.28. The maximum atomic E-state index is 12.9. The highest BCUT2D eigenvalue weighted by Gasteiger charge is 2.59. The van der Waals surface area contributed by atoms with Gasteiger partial charge in [-0.3, -0.25) is 0 Å². The molecule has 2 atom stereocenters. The number of hydrogen-bond donors (Lipinski definition) is 0. The first-order valence-electron chi connectivity index (χ1n) is 3.28. The van der Waals surface area contributed by atoms with Gasteiger partial charge >= 0.3 is 0 Å². The lowest BCUT2D eigenvalue weighted by atomic mass is 10.2. The topological polar surface area (TPSA) is 18.5 Å². The molecule has 0 N–H and O–H groups in total. The van der Waals surface area contributed by atoms with Gasteiger partial charge in [-0.2, -0.15) is 0 Å². The second-order valence-corrected chi connectivity index (χ2v) is 2.77. The van der Waals surface area contributed by atoms with E-state index in [1.165, 1.54) is 0 Å². The average molecular weight is 188 g/mol. The van der Waals surface area contributed by atoms with Crippen molar-refractivity contribution in [1.29, 1.82) is 0 Å². The van der Waals surface area contributed by atoms with Gasteiger partial charge in [-0.1, -0.05) is 0 Å². The number of rotatable bonds is 1. The van der Waals surface area contributed by atoms with Gasteiger partial charge in [0, 0.05) is 13.8 Å². The van der Waals surface area contributed by atoms with Crippen LogP contribution in [0.3, 0.4) is 0 Å². The van der Waals surface area contributed by atoms with Crippen LogP contribution in [0.25, 0.3) is 0 Å². The van der Waals surface area contributed by atoms with Gasteiger partial charge < -0.3 is 9.47 Å². The molecule has 1 rings (SSSR count).